The maximum absolute atomic E-state index is 13.2. The van der Waals surface area contributed by atoms with Gasteiger partial charge in [0.05, 0.1) is 10.4 Å². The van der Waals surface area contributed by atoms with Crippen molar-refractivity contribution in [3.05, 3.63) is 67.6 Å². The fourth-order valence-corrected chi connectivity index (χ4v) is 3.68. The van der Waals surface area contributed by atoms with Crippen LogP contribution in [0.3, 0.4) is 0 Å². The summed E-state index contributed by atoms with van der Waals surface area (Å²) in [5.74, 6) is 0. The van der Waals surface area contributed by atoms with E-state index in [0.717, 1.165) is 6.07 Å². The second-order valence-corrected chi connectivity index (χ2v) is 6.93. The van der Waals surface area contributed by atoms with E-state index in [1.807, 2.05) is 0 Å². The first-order valence-corrected chi connectivity index (χ1v) is 8.12. The number of hydrogen-bond acceptors (Lipinski definition) is 0. The molecule has 112 valence electrons. The Morgan fingerprint density at radius 2 is 1.57 bits per heavy atom. The molecule has 0 fully saturated rings. The standard InChI is InChI=1S/C14H7Br2Cl2F3/c15-7-1-3-9(11(5-7)14(19,20)21)13(16)10-4-2-8(17)6-12(10)18/h1-6,13H. The number of rotatable bonds is 2. The topological polar surface area (TPSA) is 0 Å². The van der Waals surface area contributed by atoms with Crippen molar-refractivity contribution in [3.8, 4) is 0 Å². The highest BCUT2D eigenvalue weighted by Gasteiger charge is 2.35. The summed E-state index contributed by atoms with van der Waals surface area (Å²) in [6, 6.07) is 8.71. The minimum atomic E-state index is -4.45. The summed E-state index contributed by atoms with van der Waals surface area (Å²) < 4.78 is 39.9. The van der Waals surface area contributed by atoms with Crippen molar-refractivity contribution in [1.29, 1.82) is 0 Å². The van der Waals surface area contributed by atoms with Gasteiger partial charge in [-0.1, -0.05) is 67.2 Å². The molecule has 2 rings (SSSR count). The molecule has 0 radical (unpaired) electrons. The van der Waals surface area contributed by atoms with Gasteiger partial charge in [0.15, 0.2) is 0 Å². The Balaban J connectivity index is 2.55. The van der Waals surface area contributed by atoms with Gasteiger partial charge < -0.3 is 0 Å². The van der Waals surface area contributed by atoms with Crippen LogP contribution in [0.5, 0.6) is 0 Å². The lowest BCUT2D eigenvalue weighted by Gasteiger charge is -2.19. The minimum absolute atomic E-state index is 0.0925. The van der Waals surface area contributed by atoms with Gasteiger partial charge in [0.2, 0.25) is 0 Å². The van der Waals surface area contributed by atoms with Gasteiger partial charge in [-0.2, -0.15) is 13.2 Å². The molecule has 2 aromatic rings. The first-order valence-electron chi connectivity index (χ1n) is 5.66. The summed E-state index contributed by atoms with van der Waals surface area (Å²) in [6.45, 7) is 0. The van der Waals surface area contributed by atoms with Gasteiger partial charge in [-0.3, -0.25) is 0 Å². The molecule has 0 saturated heterocycles. The lowest BCUT2D eigenvalue weighted by molar-refractivity contribution is -0.138. The monoisotopic (exact) mass is 460 g/mol. The van der Waals surface area contributed by atoms with Gasteiger partial charge in [-0.15, -0.1) is 0 Å². The fourth-order valence-electron chi connectivity index (χ4n) is 1.87. The Labute approximate surface area is 146 Å². The molecular formula is C14H7Br2Cl2F3. The zero-order valence-corrected chi connectivity index (χ0v) is 14.9. The number of halogens is 7. The van der Waals surface area contributed by atoms with E-state index in [2.05, 4.69) is 31.9 Å². The Hall–Kier alpha value is -0.230. The summed E-state index contributed by atoms with van der Waals surface area (Å²) in [5, 5.41) is 0.732. The molecule has 0 aliphatic rings. The van der Waals surface area contributed by atoms with Crippen LogP contribution >= 0.6 is 55.1 Å². The molecule has 0 nitrogen and oxygen atoms in total. The predicted octanol–water partition coefficient (Wildman–Crippen LogP) is 7.26. The highest BCUT2D eigenvalue weighted by molar-refractivity contribution is 9.10. The molecule has 0 aliphatic carbocycles. The zero-order valence-electron chi connectivity index (χ0n) is 10.2. The molecule has 0 heterocycles. The summed E-state index contributed by atoms with van der Waals surface area (Å²) in [6.07, 6.45) is -4.45. The van der Waals surface area contributed by atoms with E-state index in [9.17, 15) is 13.2 Å². The van der Waals surface area contributed by atoms with Gasteiger partial charge in [0, 0.05) is 14.5 Å². The van der Waals surface area contributed by atoms with Crippen LogP contribution in [0.4, 0.5) is 13.2 Å². The van der Waals surface area contributed by atoms with Crippen molar-refractivity contribution in [2.75, 3.05) is 0 Å². The molecule has 0 aromatic heterocycles. The zero-order chi connectivity index (χ0) is 15.8. The molecule has 0 saturated carbocycles. The summed E-state index contributed by atoms with van der Waals surface area (Å²) >= 11 is 18.2. The molecule has 0 N–H and O–H groups in total. The minimum Gasteiger partial charge on any atom is -0.166 e. The van der Waals surface area contributed by atoms with Crippen LogP contribution in [0, 0.1) is 0 Å². The molecule has 0 bridgehead atoms. The Morgan fingerprint density at radius 1 is 0.952 bits per heavy atom. The summed E-state index contributed by atoms with van der Waals surface area (Å²) in [7, 11) is 0. The number of hydrogen-bond donors (Lipinski definition) is 0. The molecule has 0 aliphatic heterocycles. The maximum Gasteiger partial charge on any atom is 0.416 e. The first-order chi connectivity index (χ1) is 9.70. The van der Waals surface area contributed by atoms with Crippen LogP contribution in [-0.4, -0.2) is 0 Å². The molecule has 1 unspecified atom stereocenters. The van der Waals surface area contributed by atoms with Gasteiger partial charge in [0.25, 0.3) is 0 Å². The Bertz CT molecular complexity index is 672. The Kier molecular flexibility index (Phi) is 5.29. The van der Waals surface area contributed by atoms with Crippen LogP contribution in [0.15, 0.2) is 40.9 Å². The van der Waals surface area contributed by atoms with E-state index >= 15 is 0 Å². The molecule has 2 aromatic carbocycles. The van der Waals surface area contributed by atoms with Crippen molar-refractivity contribution >= 4 is 55.1 Å². The van der Waals surface area contributed by atoms with Gasteiger partial charge in [-0.25, -0.2) is 0 Å². The quantitative estimate of drug-likeness (QED) is 0.412. The second-order valence-electron chi connectivity index (χ2n) is 4.26. The molecule has 1 atom stereocenters. The summed E-state index contributed by atoms with van der Waals surface area (Å²) in [5.41, 5.74) is -0.103. The van der Waals surface area contributed by atoms with E-state index in [1.165, 1.54) is 12.1 Å². The van der Waals surface area contributed by atoms with Gasteiger partial charge in [0.1, 0.15) is 0 Å². The molecule has 21 heavy (non-hydrogen) atoms. The highest BCUT2D eigenvalue weighted by atomic mass is 79.9. The van der Waals surface area contributed by atoms with E-state index in [4.69, 9.17) is 23.2 Å². The third kappa shape index (κ3) is 3.95. The van der Waals surface area contributed by atoms with Crippen LogP contribution in [0.1, 0.15) is 21.5 Å². The third-order valence-corrected chi connectivity index (χ3v) is 4.87. The van der Waals surface area contributed by atoms with Crippen LogP contribution in [0.25, 0.3) is 0 Å². The third-order valence-electron chi connectivity index (χ3n) is 2.83. The van der Waals surface area contributed by atoms with Crippen molar-refractivity contribution < 1.29 is 13.2 Å². The van der Waals surface area contributed by atoms with Crippen LogP contribution < -0.4 is 0 Å². The largest absolute Gasteiger partial charge is 0.416 e. The number of benzene rings is 2. The SMILES string of the molecule is FC(F)(F)c1cc(Br)ccc1C(Br)c1ccc(Cl)cc1Cl. The van der Waals surface area contributed by atoms with E-state index in [-0.39, 0.29) is 5.56 Å². The van der Waals surface area contributed by atoms with Gasteiger partial charge in [-0.05, 0) is 35.4 Å². The van der Waals surface area contributed by atoms with Crippen LogP contribution in [0.2, 0.25) is 10.0 Å². The van der Waals surface area contributed by atoms with Crippen molar-refractivity contribution in [1.82, 2.24) is 0 Å². The van der Waals surface area contributed by atoms with E-state index < -0.39 is 16.6 Å². The molecule has 7 heteroatoms. The van der Waals surface area contributed by atoms with Crippen molar-refractivity contribution in [3.63, 3.8) is 0 Å². The van der Waals surface area contributed by atoms with E-state index in [1.54, 1.807) is 18.2 Å². The van der Waals surface area contributed by atoms with Crippen molar-refractivity contribution in [2.24, 2.45) is 0 Å². The Morgan fingerprint density at radius 3 is 2.14 bits per heavy atom. The predicted molar refractivity (Wildman–Crippen MR) is 86.4 cm³/mol. The fraction of sp³-hybridized carbons (Fsp3) is 0.143. The van der Waals surface area contributed by atoms with E-state index in [0.29, 0.717) is 20.1 Å². The highest BCUT2D eigenvalue weighted by Crippen LogP contribution is 2.43. The average Bonchev–Trinajstić information content (AvgIpc) is 2.37. The molecule has 0 spiro atoms. The lowest BCUT2D eigenvalue weighted by atomic mass is 9.99. The maximum atomic E-state index is 13.2. The second kappa shape index (κ2) is 6.49. The lowest BCUT2D eigenvalue weighted by Crippen LogP contribution is -2.11. The molecular weight excluding hydrogens is 456 g/mol. The smallest absolute Gasteiger partial charge is 0.166 e. The normalized spacial score (nSPS) is 13.3. The van der Waals surface area contributed by atoms with Crippen LogP contribution in [-0.2, 0) is 6.18 Å². The average molecular weight is 463 g/mol. The number of alkyl halides is 4. The summed E-state index contributed by atoms with van der Waals surface area (Å²) in [4.78, 5) is -0.688. The van der Waals surface area contributed by atoms with Gasteiger partial charge >= 0.3 is 6.18 Å². The molecule has 0 amide bonds. The van der Waals surface area contributed by atoms with Crippen molar-refractivity contribution in [2.45, 2.75) is 11.0 Å². The first kappa shape index (κ1) is 17.1.